The predicted molar refractivity (Wildman–Crippen MR) is 103 cm³/mol. The zero-order valence-corrected chi connectivity index (χ0v) is 16.7. The van der Waals surface area contributed by atoms with Crippen molar-refractivity contribution < 1.29 is 4.42 Å². The second kappa shape index (κ2) is 8.70. The van der Waals surface area contributed by atoms with Crippen LogP contribution < -0.4 is 10.6 Å². The van der Waals surface area contributed by atoms with E-state index in [0.717, 1.165) is 36.6 Å². The van der Waals surface area contributed by atoms with E-state index in [2.05, 4.69) is 60.1 Å². The highest BCUT2D eigenvalue weighted by Crippen LogP contribution is 2.22. The molecule has 0 saturated carbocycles. The van der Waals surface area contributed by atoms with Gasteiger partial charge in [0.1, 0.15) is 5.76 Å². The number of hydrogen-bond acceptors (Lipinski definition) is 4. The van der Waals surface area contributed by atoms with Gasteiger partial charge in [0, 0.05) is 38.6 Å². The van der Waals surface area contributed by atoms with Gasteiger partial charge in [0.15, 0.2) is 5.96 Å². The summed E-state index contributed by atoms with van der Waals surface area (Å²) in [5.74, 6) is 3.97. The summed E-state index contributed by atoms with van der Waals surface area (Å²) in [7, 11) is 1.79. The van der Waals surface area contributed by atoms with E-state index in [1.165, 1.54) is 19.5 Å². The van der Waals surface area contributed by atoms with Crippen LogP contribution in [-0.2, 0) is 12.0 Å². The van der Waals surface area contributed by atoms with E-state index in [0.29, 0.717) is 12.4 Å². The van der Waals surface area contributed by atoms with Gasteiger partial charge in [-0.25, -0.2) is 4.98 Å². The molecule has 1 aromatic rings. The van der Waals surface area contributed by atoms with Gasteiger partial charge >= 0.3 is 0 Å². The van der Waals surface area contributed by atoms with Crippen molar-refractivity contribution in [2.75, 3.05) is 33.2 Å². The molecule has 6 heteroatoms. The maximum atomic E-state index is 5.80. The monoisotopic (exact) mass is 349 g/mol. The molecule has 25 heavy (non-hydrogen) atoms. The lowest BCUT2D eigenvalue weighted by molar-refractivity contribution is 0.143. The summed E-state index contributed by atoms with van der Waals surface area (Å²) >= 11 is 0. The van der Waals surface area contributed by atoms with Crippen molar-refractivity contribution in [2.45, 2.75) is 53.0 Å². The van der Waals surface area contributed by atoms with E-state index in [-0.39, 0.29) is 5.41 Å². The number of likely N-dealkylation sites (tertiary alicyclic amines) is 1. The Morgan fingerprint density at radius 2 is 1.96 bits per heavy atom. The Balaban J connectivity index is 1.73. The van der Waals surface area contributed by atoms with Crippen LogP contribution in [0.1, 0.15) is 52.7 Å². The largest absolute Gasteiger partial charge is 0.443 e. The SMILES string of the molecule is CN=C(NCCN1CC(C)CC(C)C1)NCc1ncc(C(C)(C)C)o1. The van der Waals surface area contributed by atoms with E-state index in [1.807, 2.05) is 6.20 Å². The van der Waals surface area contributed by atoms with Crippen LogP contribution in [-0.4, -0.2) is 49.1 Å². The fourth-order valence-electron chi connectivity index (χ4n) is 3.43. The molecule has 0 radical (unpaired) electrons. The van der Waals surface area contributed by atoms with Gasteiger partial charge in [-0.2, -0.15) is 0 Å². The molecule has 0 spiro atoms. The lowest BCUT2D eigenvalue weighted by Crippen LogP contribution is -2.45. The molecule has 1 aliphatic heterocycles. The van der Waals surface area contributed by atoms with Crippen LogP contribution >= 0.6 is 0 Å². The van der Waals surface area contributed by atoms with Crippen molar-refractivity contribution in [3.8, 4) is 0 Å². The highest BCUT2D eigenvalue weighted by molar-refractivity contribution is 5.79. The Labute approximate surface area is 152 Å². The summed E-state index contributed by atoms with van der Waals surface area (Å²) in [5, 5.41) is 6.65. The van der Waals surface area contributed by atoms with Gasteiger partial charge in [-0.3, -0.25) is 4.99 Å². The summed E-state index contributed by atoms with van der Waals surface area (Å²) < 4.78 is 5.80. The van der Waals surface area contributed by atoms with Crippen LogP contribution in [0.3, 0.4) is 0 Å². The number of hydrogen-bond donors (Lipinski definition) is 2. The zero-order valence-electron chi connectivity index (χ0n) is 16.7. The highest BCUT2D eigenvalue weighted by Gasteiger charge is 2.21. The fraction of sp³-hybridized carbons (Fsp3) is 0.789. The topological polar surface area (TPSA) is 65.7 Å². The number of nitrogens with one attached hydrogen (secondary N) is 2. The quantitative estimate of drug-likeness (QED) is 0.632. The van der Waals surface area contributed by atoms with Gasteiger partial charge in [0.25, 0.3) is 0 Å². The number of aromatic nitrogens is 1. The molecule has 1 saturated heterocycles. The van der Waals surface area contributed by atoms with E-state index < -0.39 is 0 Å². The molecule has 2 rings (SSSR count). The zero-order chi connectivity index (χ0) is 18.4. The number of nitrogens with zero attached hydrogens (tertiary/aromatic N) is 3. The summed E-state index contributed by atoms with van der Waals surface area (Å²) in [6, 6.07) is 0. The molecule has 1 fully saturated rings. The molecule has 0 aromatic carbocycles. The molecular formula is C19H35N5O. The number of rotatable bonds is 5. The van der Waals surface area contributed by atoms with Crippen molar-refractivity contribution >= 4 is 5.96 Å². The third kappa shape index (κ3) is 6.34. The van der Waals surface area contributed by atoms with Crippen LogP contribution in [0.15, 0.2) is 15.6 Å². The summed E-state index contributed by atoms with van der Waals surface area (Å²) in [6.45, 7) is 15.9. The number of oxazole rings is 1. The smallest absolute Gasteiger partial charge is 0.213 e. The minimum Gasteiger partial charge on any atom is -0.443 e. The average Bonchev–Trinajstić information content (AvgIpc) is 2.99. The summed E-state index contributed by atoms with van der Waals surface area (Å²) in [5.41, 5.74) is -0.0199. The van der Waals surface area contributed by atoms with Crippen LogP contribution in [0.2, 0.25) is 0 Å². The summed E-state index contributed by atoms with van der Waals surface area (Å²) in [6.07, 6.45) is 3.16. The maximum absolute atomic E-state index is 5.80. The van der Waals surface area contributed by atoms with Gasteiger partial charge < -0.3 is 20.0 Å². The van der Waals surface area contributed by atoms with Crippen LogP contribution in [0.5, 0.6) is 0 Å². The molecule has 142 valence electrons. The van der Waals surface area contributed by atoms with Crippen molar-refractivity contribution in [3.63, 3.8) is 0 Å². The molecule has 2 atom stereocenters. The Kier molecular flexibility index (Phi) is 6.87. The third-order valence-electron chi connectivity index (χ3n) is 4.59. The van der Waals surface area contributed by atoms with E-state index in [4.69, 9.17) is 4.42 Å². The molecule has 2 unspecified atom stereocenters. The molecule has 1 aliphatic rings. The lowest BCUT2D eigenvalue weighted by atomic mass is 9.92. The second-order valence-corrected chi connectivity index (χ2v) is 8.43. The molecule has 2 N–H and O–H groups in total. The van der Waals surface area contributed by atoms with Crippen LogP contribution in [0, 0.1) is 11.8 Å². The fourth-order valence-corrected chi connectivity index (χ4v) is 3.43. The number of piperidine rings is 1. The normalized spacial score (nSPS) is 22.9. The first-order valence-electron chi connectivity index (χ1n) is 9.40. The summed E-state index contributed by atoms with van der Waals surface area (Å²) in [4.78, 5) is 11.2. The Morgan fingerprint density at radius 3 is 2.52 bits per heavy atom. The first-order valence-corrected chi connectivity index (χ1v) is 9.40. The highest BCUT2D eigenvalue weighted by atomic mass is 16.4. The van der Waals surface area contributed by atoms with Crippen molar-refractivity contribution in [2.24, 2.45) is 16.8 Å². The molecule has 0 amide bonds. The van der Waals surface area contributed by atoms with E-state index >= 15 is 0 Å². The maximum Gasteiger partial charge on any atom is 0.213 e. The third-order valence-corrected chi connectivity index (χ3v) is 4.59. The Morgan fingerprint density at radius 1 is 1.28 bits per heavy atom. The molecule has 1 aromatic heterocycles. The minimum absolute atomic E-state index is 0.0199. The van der Waals surface area contributed by atoms with Gasteiger partial charge in [-0.1, -0.05) is 34.6 Å². The van der Waals surface area contributed by atoms with Crippen molar-refractivity contribution in [1.82, 2.24) is 20.5 Å². The first-order chi connectivity index (χ1) is 11.8. The van der Waals surface area contributed by atoms with Gasteiger partial charge in [0.05, 0.1) is 12.7 Å². The number of aliphatic imine (C=N–C) groups is 1. The van der Waals surface area contributed by atoms with Crippen molar-refractivity contribution in [3.05, 3.63) is 17.8 Å². The molecule has 0 aliphatic carbocycles. The Hall–Kier alpha value is -1.56. The number of guanidine groups is 1. The van der Waals surface area contributed by atoms with Crippen LogP contribution in [0.4, 0.5) is 0 Å². The lowest BCUT2D eigenvalue weighted by Gasteiger charge is -2.35. The average molecular weight is 350 g/mol. The van der Waals surface area contributed by atoms with Crippen LogP contribution in [0.25, 0.3) is 0 Å². The first kappa shape index (κ1) is 19.8. The molecule has 0 bridgehead atoms. The van der Waals surface area contributed by atoms with Gasteiger partial charge in [-0.05, 0) is 18.3 Å². The minimum atomic E-state index is -0.0199. The second-order valence-electron chi connectivity index (χ2n) is 8.43. The standard InChI is InChI=1S/C19H35N5O/c1-14-9-15(2)13-24(12-14)8-7-21-18(20-6)23-11-17-22-10-16(25-17)19(3,4)5/h10,14-15H,7-9,11-13H2,1-6H3,(H2,20,21,23). The van der Waals surface area contributed by atoms with Gasteiger partial charge in [0.2, 0.25) is 5.89 Å². The Bertz CT molecular complexity index is 550. The van der Waals surface area contributed by atoms with Gasteiger partial charge in [-0.15, -0.1) is 0 Å². The predicted octanol–water partition coefficient (Wildman–Crippen LogP) is 2.62. The molecule has 2 heterocycles. The van der Waals surface area contributed by atoms with E-state index in [9.17, 15) is 0 Å². The molecular weight excluding hydrogens is 314 g/mol. The van der Waals surface area contributed by atoms with Crippen molar-refractivity contribution in [1.29, 1.82) is 0 Å². The van der Waals surface area contributed by atoms with E-state index in [1.54, 1.807) is 7.05 Å². The molecule has 6 nitrogen and oxygen atoms in total.